The highest BCUT2D eigenvalue weighted by Gasteiger charge is 2.39. The summed E-state index contributed by atoms with van der Waals surface area (Å²) in [6.45, 7) is 6.83. The van der Waals surface area contributed by atoms with Crippen LogP contribution in [0.1, 0.15) is 30.0 Å². The zero-order valence-corrected chi connectivity index (χ0v) is 17.3. The molecule has 2 saturated heterocycles. The number of aryl methyl sites for hydroxylation is 1. The molecule has 3 heterocycles. The van der Waals surface area contributed by atoms with Gasteiger partial charge in [-0.05, 0) is 31.4 Å². The summed E-state index contributed by atoms with van der Waals surface area (Å²) in [5.74, 6) is 1.18. The summed E-state index contributed by atoms with van der Waals surface area (Å²) >= 11 is 0. The standard InChI is InChI=1S/C22H30N4O2/c1-15-6-5-7-20(16(15)2)22-23-8-9-26(22)17-10-18-14-28-19(13-25(18)12-17)11-21(27)24(3)4/h5-9,17-19H,10-14H2,1-4H3/t17-,18+,19+/m1/s1. The van der Waals surface area contributed by atoms with E-state index < -0.39 is 0 Å². The fraction of sp³-hybridized carbons (Fsp3) is 0.545. The van der Waals surface area contributed by atoms with E-state index in [4.69, 9.17) is 4.74 Å². The molecule has 2 aliphatic heterocycles. The minimum absolute atomic E-state index is 0.00817. The number of ether oxygens (including phenoxy) is 1. The second-order valence-corrected chi connectivity index (χ2v) is 8.35. The number of rotatable bonds is 4. The molecule has 1 aromatic heterocycles. The van der Waals surface area contributed by atoms with E-state index in [0.29, 0.717) is 25.1 Å². The number of carbonyl (C=O) groups excluding carboxylic acids is 1. The first-order valence-corrected chi connectivity index (χ1v) is 10.1. The zero-order chi connectivity index (χ0) is 19.8. The molecule has 28 heavy (non-hydrogen) atoms. The van der Waals surface area contributed by atoms with E-state index in [9.17, 15) is 4.79 Å². The van der Waals surface area contributed by atoms with Crippen LogP contribution in [0.4, 0.5) is 0 Å². The summed E-state index contributed by atoms with van der Waals surface area (Å²) in [7, 11) is 3.60. The fourth-order valence-corrected chi connectivity index (χ4v) is 4.43. The van der Waals surface area contributed by atoms with E-state index in [-0.39, 0.29) is 12.0 Å². The molecule has 6 heteroatoms. The number of fused-ring (bicyclic) bond motifs is 1. The van der Waals surface area contributed by atoms with Crippen LogP contribution in [0.25, 0.3) is 11.4 Å². The molecule has 0 unspecified atom stereocenters. The average Bonchev–Trinajstić information content (AvgIpc) is 3.30. The summed E-state index contributed by atoms with van der Waals surface area (Å²) < 4.78 is 8.35. The SMILES string of the molecule is Cc1cccc(-c2nccn2[C@@H]2C[C@H]3CO[C@@H](CC(=O)N(C)C)CN3C2)c1C. The van der Waals surface area contributed by atoms with E-state index in [1.54, 1.807) is 19.0 Å². The molecule has 2 aromatic rings. The number of nitrogens with zero attached hydrogens (tertiary/aromatic N) is 4. The van der Waals surface area contributed by atoms with E-state index in [0.717, 1.165) is 25.3 Å². The van der Waals surface area contributed by atoms with Crippen LogP contribution in [0.5, 0.6) is 0 Å². The quantitative estimate of drug-likeness (QED) is 0.816. The first-order chi connectivity index (χ1) is 13.4. The molecule has 1 amide bonds. The van der Waals surface area contributed by atoms with Crippen molar-refractivity contribution in [3.05, 3.63) is 41.7 Å². The first-order valence-electron chi connectivity index (χ1n) is 10.1. The molecule has 0 bridgehead atoms. The Kier molecular flexibility index (Phi) is 5.25. The summed E-state index contributed by atoms with van der Waals surface area (Å²) in [6, 6.07) is 7.22. The van der Waals surface area contributed by atoms with Crippen molar-refractivity contribution in [3.8, 4) is 11.4 Å². The van der Waals surface area contributed by atoms with Crippen molar-refractivity contribution < 1.29 is 9.53 Å². The fourth-order valence-electron chi connectivity index (χ4n) is 4.43. The van der Waals surface area contributed by atoms with Crippen LogP contribution in [-0.2, 0) is 9.53 Å². The van der Waals surface area contributed by atoms with Gasteiger partial charge in [-0.3, -0.25) is 9.69 Å². The number of hydrogen-bond donors (Lipinski definition) is 0. The lowest BCUT2D eigenvalue weighted by molar-refractivity contribution is -0.134. The monoisotopic (exact) mass is 382 g/mol. The third-order valence-corrected chi connectivity index (χ3v) is 6.28. The number of amides is 1. The van der Waals surface area contributed by atoms with Crippen LogP contribution in [0, 0.1) is 13.8 Å². The highest BCUT2D eigenvalue weighted by atomic mass is 16.5. The maximum atomic E-state index is 12.0. The van der Waals surface area contributed by atoms with Gasteiger partial charge in [0.05, 0.1) is 19.1 Å². The highest BCUT2D eigenvalue weighted by Crippen LogP contribution is 2.34. The van der Waals surface area contributed by atoms with Crippen LogP contribution in [-0.4, -0.2) is 71.2 Å². The van der Waals surface area contributed by atoms with Crippen LogP contribution in [0.2, 0.25) is 0 Å². The average molecular weight is 383 g/mol. The largest absolute Gasteiger partial charge is 0.375 e. The van der Waals surface area contributed by atoms with E-state index >= 15 is 0 Å². The van der Waals surface area contributed by atoms with Gasteiger partial charge < -0.3 is 14.2 Å². The molecule has 3 atom stereocenters. The van der Waals surface area contributed by atoms with Crippen LogP contribution in [0.3, 0.4) is 0 Å². The van der Waals surface area contributed by atoms with Gasteiger partial charge in [-0.15, -0.1) is 0 Å². The van der Waals surface area contributed by atoms with Gasteiger partial charge in [0.1, 0.15) is 5.82 Å². The topological polar surface area (TPSA) is 50.6 Å². The Labute approximate surface area is 167 Å². The highest BCUT2D eigenvalue weighted by molar-refractivity contribution is 5.76. The Morgan fingerprint density at radius 3 is 2.86 bits per heavy atom. The van der Waals surface area contributed by atoms with Crippen molar-refractivity contribution in [3.63, 3.8) is 0 Å². The lowest BCUT2D eigenvalue weighted by atomic mass is 10.0. The molecule has 4 rings (SSSR count). The molecule has 6 nitrogen and oxygen atoms in total. The number of aromatic nitrogens is 2. The maximum Gasteiger partial charge on any atom is 0.224 e. The predicted molar refractivity (Wildman–Crippen MR) is 109 cm³/mol. The van der Waals surface area contributed by atoms with E-state index in [1.807, 2.05) is 6.20 Å². The summed E-state index contributed by atoms with van der Waals surface area (Å²) in [5.41, 5.74) is 3.79. The molecule has 150 valence electrons. The molecule has 0 saturated carbocycles. The summed E-state index contributed by atoms with van der Waals surface area (Å²) in [4.78, 5) is 20.9. The van der Waals surface area contributed by atoms with Gasteiger partial charge in [0.15, 0.2) is 0 Å². The lowest BCUT2D eigenvalue weighted by Gasteiger charge is -2.35. The molecule has 1 aromatic carbocycles. The minimum Gasteiger partial charge on any atom is -0.375 e. The summed E-state index contributed by atoms with van der Waals surface area (Å²) in [6.07, 6.45) is 5.52. The van der Waals surface area contributed by atoms with Gasteiger partial charge in [-0.25, -0.2) is 4.98 Å². The van der Waals surface area contributed by atoms with Crippen molar-refractivity contribution in [1.29, 1.82) is 0 Å². The van der Waals surface area contributed by atoms with Crippen molar-refractivity contribution in [2.75, 3.05) is 33.8 Å². The van der Waals surface area contributed by atoms with E-state index in [1.165, 1.54) is 16.7 Å². The van der Waals surface area contributed by atoms with Crippen molar-refractivity contribution in [2.45, 2.75) is 44.9 Å². The Bertz CT molecular complexity index is 860. The molecule has 2 fully saturated rings. The predicted octanol–water partition coefficient (Wildman–Crippen LogP) is 2.66. The molecule has 0 spiro atoms. The number of morpholine rings is 1. The van der Waals surface area contributed by atoms with Crippen LogP contribution in [0.15, 0.2) is 30.6 Å². The number of hydrogen-bond acceptors (Lipinski definition) is 4. The Balaban J connectivity index is 1.49. The second-order valence-electron chi connectivity index (χ2n) is 8.35. The third kappa shape index (κ3) is 3.59. The number of benzene rings is 1. The minimum atomic E-state index is -0.00817. The molecule has 2 aliphatic rings. The Morgan fingerprint density at radius 2 is 2.07 bits per heavy atom. The van der Waals surface area contributed by atoms with Crippen molar-refractivity contribution in [2.24, 2.45) is 0 Å². The van der Waals surface area contributed by atoms with Crippen molar-refractivity contribution >= 4 is 5.91 Å². The number of imidazole rings is 1. The second kappa shape index (κ2) is 7.68. The van der Waals surface area contributed by atoms with Gasteiger partial charge in [0.25, 0.3) is 0 Å². The van der Waals surface area contributed by atoms with Gasteiger partial charge in [0.2, 0.25) is 5.91 Å². The Hall–Kier alpha value is -2.18. The normalized spacial score (nSPS) is 24.9. The van der Waals surface area contributed by atoms with Crippen molar-refractivity contribution in [1.82, 2.24) is 19.4 Å². The van der Waals surface area contributed by atoms with Crippen LogP contribution < -0.4 is 0 Å². The van der Waals surface area contributed by atoms with E-state index in [2.05, 4.69) is 52.7 Å². The number of carbonyl (C=O) groups is 1. The molecule has 0 radical (unpaired) electrons. The summed E-state index contributed by atoms with van der Waals surface area (Å²) in [5, 5.41) is 0. The smallest absolute Gasteiger partial charge is 0.224 e. The van der Waals surface area contributed by atoms with Gasteiger partial charge in [-0.1, -0.05) is 18.2 Å². The lowest BCUT2D eigenvalue weighted by Crippen LogP contribution is -2.47. The maximum absolute atomic E-state index is 12.0. The van der Waals surface area contributed by atoms with Gasteiger partial charge in [-0.2, -0.15) is 0 Å². The zero-order valence-electron chi connectivity index (χ0n) is 17.3. The third-order valence-electron chi connectivity index (χ3n) is 6.28. The first kappa shape index (κ1) is 19.2. The van der Waals surface area contributed by atoms with Crippen LogP contribution >= 0.6 is 0 Å². The molecular formula is C22H30N4O2. The van der Waals surface area contributed by atoms with Gasteiger partial charge in [0, 0.05) is 57.2 Å². The molecule has 0 aliphatic carbocycles. The van der Waals surface area contributed by atoms with Gasteiger partial charge >= 0.3 is 0 Å². The molecule has 0 N–H and O–H groups in total. The Morgan fingerprint density at radius 1 is 1.25 bits per heavy atom. The molecular weight excluding hydrogens is 352 g/mol.